The van der Waals surface area contributed by atoms with E-state index < -0.39 is 0 Å². The Kier molecular flexibility index (Phi) is 3.05. The average Bonchev–Trinajstić information content (AvgIpc) is 3.12. The first-order chi connectivity index (χ1) is 10.3. The summed E-state index contributed by atoms with van der Waals surface area (Å²) in [7, 11) is 0. The van der Waals surface area contributed by atoms with Crippen LogP contribution in [-0.2, 0) is 26.1 Å². The Labute approximate surface area is 122 Å². The maximum absolute atomic E-state index is 9.33. The molecule has 1 aromatic heterocycles. The van der Waals surface area contributed by atoms with Crippen LogP contribution in [0.15, 0.2) is 18.2 Å². The summed E-state index contributed by atoms with van der Waals surface area (Å²) in [5.74, 6) is 1.64. The quantitative estimate of drug-likeness (QED) is 0.887. The van der Waals surface area contributed by atoms with E-state index >= 15 is 0 Å². The largest absolute Gasteiger partial charge is 0.454 e. The molecule has 0 saturated carbocycles. The molecule has 21 heavy (non-hydrogen) atoms. The number of fused-ring (bicyclic) bond motifs is 2. The van der Waals surface area contributed by atoms with Gasteiger partial charge in [0.25, 0.3) is 0 Å². The lowest BCUT2D eigenvalue weighted by molar-refractivity contribution is 0.174. The van der Waals surface area contributed by atoms with Gasteiger partial charge in [-0.3, -0.25) is 10.00 Å². The number of aromatic amines is 1. The van der Waals surface area contributed by atoms with Gasteiger partial charge in [0.1, 0.15) is 0 Å². The van der Waals surface area contributed by atoms with Crippen molar-refractivity contribution < 1.29 is 14.6 Å². The lowest BCUT2D eigenvalue weighted by Gasteiger charge is -2.27. The predicted octanol–water partition coefficient (Wildman–Crippen LogP) is 1.19. The molecule has 6 nitrogen and oxygen atoms in total. The Morgan fingerprint density at radius 3 is 3.10 bits per heavy atom. The molecule has 110 valence electrons. The summed E-state index contributed by atoms with van der Waals surface area (Å²) in [5, 5.41) is 16.5. The third-order valence-electron chi connectivity index (χ3n) is 4.09. The minimum atomic E-state index is -0.0102. The summed E-state index contributed by atoms with van der Waals surface area (Å²) in [6, 6.07) is 6.08. The zero-order valence-corrected chi connectivity index (χ0v) is 11.6. The van der Waals surface area contributed by atoms with Crippen molar-refractivity contribution in [3.8, 4) is 11.5 Å². The normalized spacial score (nSPS) is 17.0. The van der Waals surface area contributed by atoms with Gasteiger partial charge in [0.2, 0.25) is 6.79 Å². The number of hydrogen-bond acceptors (Lipinski definition) is 5. The molecule has 0 unspecified atom stereocenters. The molecule has 0 radical (unpaired) electrons. The number of aliphatic hydroxyl groups is 1. The second kappa shape index (κ2) is 5.05. The highest BCUT2D eigenvalue weighted by Gasteiger charge is 2.22. The maximum atomic E-state index is 9.33. The Morgan fingerprint density at radius 2 is 2.19 bits per heavy atom. The van der Waals surface area contributed by atoms with Crippen molar-refractivity contribution in [2.45, 2.75) is 26.1 Å². The van der Waals surface area contributed by atoms with Crippen LogP contribution in [0.4, 0.5) is 0 Å². The number of ether oxygens (including phenoxy) is 2. The summed E-state index contributed by atoms with van der Waals surface area (Å²) < 4.78 is 10.8. The van der Waals surface area contributed by atoms with Crippen LogP contribution in [0.5, 0.6) is 11.5 Å². The number of rotatable bonds is 3. The lowest BCUT2D eigenvalue weighted by atomic mass is 10.0. The van der Waals surface area contributed by atoms with Gasteiger partial charge < -0.3 is 14.6 Å². The van der Waals surface area contributed by atoms with Gasteiger partial charge in [-0.25, -0.2) is 0 Å². The van der Waals surface area contributed by atoms with Gasteiger partial charge in [-0.05, 0) is 17.7 Å². The molecular weight excluding hydrogens is 270 g/mol. The molecule has 2 aliphatic heterocycles. The fourth-order valence-corrected chi connectivity index (χ4v) is 2.97. The van der Waals surface area contributed by atoms with E-state index in [9.17, 15) is 5.11 Å². The second-order valence-electron chi connectivity index (χ2n) is 5.43. The number of aliphatic hydroxyl groups excluding tert-OH is 1. The van der Waals surface area contributed by atoms with Crippen LogP contribution in [0.3, 0.4) is 0 Å². The van der Waals surface area contributed by atoms with Crippen LogP contribution in [0.1, 0.15) is 22.5 Å². The number of hydrogen-bond donors (Lipinski definition) is 2. The molecule has 0 aliphatic carbocycles. The third kappa shape index (κ3) is 2.26. The van der Waals surface area contributed by atoms with Gasteiger partial charge in [-0.15, -0.1) is 0 Å². The molecule has 1 aromatic carbocycles. The van der Waals surface area contributed by atoms with Crippen molar-refractivity contribution in [3.05, 3.63) is 40.7 Å². The number of benzene rings is 1. The van der Waals surface area contributed by atoms with E-state index in [1.807, 2.05) is 12.1 Å². The first-order valence-corrected chi connectivity index (χ1v) is 7.10. The fourth-order valence-electron chi connectivity index (χ4n) is 2.97. The number of H-pyrrole nitrogens is 1. The van der Waals surface area contributed by atoms with Crippen molar-refractivity contribution in [1.29, 1.82) is 0 Å². The highest BCUT2D eigenvalue weighted by atomic mass is 16.7. The van der Waals surface area contributed by atoms with E-state index in [0.29, 0.717) is 6.79 Å². The summed E-state index contributed by atoms with van der Waals surface area (Å²) in [5.41, 5.74) is 4.27. The zero-order chi connectivity index (χ0) is 14.2. The molecule has 0 bridgehead atoms. The van der Waals surface area contributed by atoms with Crippen LogP contribution in [0.25, 0.3) is 0 Å². The van der Waals surface area contributed by atoms with Crippen molar-refractivity contribution in [2.75, 3.05) is 13.3 Å². The van der Waals surface area contributed by atoms with Crippen LogP contribution < -0.4 is 9.47 Å². The van der Waals surface area contributed by atoms with E-state index in [4.69, 9.17) is 9.47 Å². The molecule has 0 saturated heterocycles. The van der Waals surface area contributed by atoms with Crippen LogP contribution in [-0.4, -0.2) is 33.5 Å². The highest BCUT2D eigenvalue weighted by Crippen LogP contribution is 2.33. The van der Waals surface area contributed by atoms with E-state index in [1.165, 1.54) is 5.56 Å². The van der Waals surface area contributed by atoms with Gasteiger partial charge >= 0.3 is 0 Å². The molecular formula is C15H17N3O3. The average molecular weight is 287 g/mol. The lowest BCUT2D eigenvalue weighted by Crippen LogP contribution is -2.30. The Balaban J connectivity index is 1.51. The number of nitrogens with one attached hydrogen (secondary N) is 1. The van der Waals surface area contributed by atoms with Crippen LogP contribution in [0, 0.1) is 0 Å². The number of nitrogens with zero attached hydrogens (tertiary/aromatic N) is 2. The smallest absolute Gasteiger partial charge is 0.231 e. The molecule has 3 heterocycles. The van der Waals surface area contributed by atoms with Gasteiger partial charge in [-0.2, -0.15) is 5.10 Å². The highest BCUT2D eigenvalue weighted by molar-refractivity contribution is 5.44. The third-order valence-corrected chi connectivity index (χ3v) is 4.09. The Morgan fingerprint density at radius 1 is 1.29 bits per heavy atom. The maximum Gasteiger partial charge on any atom is 0.231 e. The van der Waals surface area contributed by atoms with Gasteiger partial charge in [0.15, 0.2) is 11.5 Å². The Bertz CT molecular complexity index is 655. The standard InChI is InChI=1S/C15H17N3O3/c19-8-13-11-7-18(4-3-12(11)16-17-13)6-10-1-2-14-15(5-10)21-9-20-14/h1-2,5,19H,3-4,6-9H2,(H,16,17). The molecule has 4 rings (SSSR count). The van der Waals surface area contributed by atoms with Crippen LogP contribution >= 0.6 is 0 Å². The summed E-state index contributed by atoms with van der Waals surface area (Å²) in [6.07, 6.45) is 0.937. The van der Waals surface area contributed by atoms with Crippen LogP contribution in [0.2, 0.25) is 0 Å². The minimum absolute atomic E-state index is 0.0102. The zero-order valence-electron chi connectivity index (χ0n) is 11.6. The molecule has 6 heteroatoms. The minimum Gasteiger partial charge on any atom is -0.454 e. The first kappa shape index (κ1) is 12.7. The van der Waals surface area contributed by atoms with E-state index in [2.05, 4.69) is 21.2 Å². The van der Waals surface area contributed by atoms with Gasteiger partial charge in [-0.1, -0.05) is 6.07 Å². The number of aromatic nitrogens is 2. The van der Waals surface area contributed by atoms with E-state index in [1.54, 1.807) is 0 Å². The van der Waals surface area contributed by atoms with E-state index in [-0.39, 0.29) is 6.61 Å². The molecule has 2 aliphatic rings. The van der Waals surface area contributed by atoms with Crippen molar-refractivity contribution in [2.24, 2.45) is 0 Å². The summed E-state index contributed by atoms with van der Waals surface area (Å²) in [4.78, 5) is 2.36. The van der Waals surface area contributed by atoms with Gasteiger partial charge in [0, 0.05) is 37.3 Å². The fraction of sp³-hybridized carbons (Fsp3) is 0.400. The van der Waals surface area contributed by atoms with Gasteiger partial charge in [0.05, 0.1) is 12.3 Å². The van der Waals surface area contributed by atoms with Crippen molar-refractivity contribution in [3.63, 3.8) is 0 Å². The van der Waals surface area contributed by atoms with Crippen molar-refractivity contribution in [1.82, 2.24) is 15.1 Å². The Hall–Kier alpha value is -2.05. The topological polar surface area (TPSA) is 70.6 Å². The monoisotopic (exact) mass is 287 g/mol. The molecule has 0 amide bonds. The van der Waals surface area contributed by atoms with Crippen molar-refractivity contribution >= 4 is 0 Å². The summed E-state index contributed by atoms with van der Waals surface area (Å²) >= 11 is 0. The SMILES string of the molecule is OCc1n[nH]c2c1CN(Cc1ccc3c(c1)OCO3)CC2. The van der Waals surface area contributed by atoms with E-state index in [0.717, 1.165) is 54.5 Å². The molecule has 2 N–H and O–H groups in total. The second-order valence-corrected chi connectivity index (χ2v) is 5.43. The molecule has 2 aromatic rings. The molecule has 0 atom stereocenters. The summed E-state index contributed by atoms with van der Waals surface area (Å²) in [6.45, 7) is 2.95. The predicted molar refractivity (Wildman–Crippen MR) is 74.9 cm³/mol. The molecule has 0 spiro atoms. The first-order valence-electron chi connectivity index (χ1n) is 7.10. The molecule has 0 fully saturated rings.